The van der Waals surface area contributed by atoms with Crippen LogP contribution < -0.4 is 10.6 Å². The summed E-state index contributed by atoms with van der Waals surface area (Å²) >= 11 is 1.72. The Balaban J connectivity index is 1.35. The summed E-state index contributed by atoms with van der Waals surface area (Å²) in [7, 11) is 0. The second-order valence-corrected chi connectivity index (χ2v) is 8.05. The fourth-order valence-corrected chi connectivity index (χ4v) is 4.02. The monoisotopic (exact) mass is 400 g/mol. The predicted octanol–water partition coefficient (Wildman–Crippen LogP) is 2.05. The molecule has 0 spiro atoms. The molecule has 1 unspecified atom stereocenters. The molecule has 0 bridgehead atoms. The molecular weight excluding hydrogens is 372 g/mol. The number of rotatable bonds is 8. The van der Waals surface area contributed by atoms with Crippen molar-refractivity contribution in [3.8, 4) is 0 Å². The Hall–Kier alpha value is -2.22. The highest BCUT2D eigenvalue weighted by molar-refractivity contribution is 7.09. The van der Waals surface area contributed by atoms with Gasteiger partial charge < -0.3 is 10.6 Å². The quantitative estimate of drug-likeness (QED) is 0.712. The van der Waals surface area contributed by atoms with Crippen LogP contribution in [0.1, 0.15) is 11.8 Å². The van der Waals surface area contributed by atoms with E-state index in [1.54, 1.807) is 11.3 Å². The van der Waals surface area contributed by atoms with Crippen LogP contribution in [0, 0.1) is 0 Å². The molecular formula is C21H28N4O2S. The maximum absolute atomic E-state index is 12.4. The van der Waals surface area contributed by atoms with Gasteiger partial charge in [0.2, 0.25) is 11.8 Å². The van der Waals surface area contributed by atoms with Crippen molar-refractivity contribution in [1.29, 1.82) is 0 Å². The van der Waals surface area contributed by atoms with E-state index in [4.69, 9.17) is 0 Å². The fraction of sp³-hybridized carbons (Fsp3) is 0.429. The van der Waals surface area contributed by atoms with Gasteiger partial charge in [-0.3, -0.25) is 19.4 Å². The van der Waals surface area contributed by atoms with Gasteiger partial charge in [-0.25, -0.2) is 0 Å². The first-order valence-corrected chi connectivity index (χ1v) is 10.6. The Morgan fingerprint density at radius 2 is 1.82 bits per heavy atom. The largest absolute Gasteiger partial charge is 0.354 e. The number of hydrogen-bond donors (Lipinski definition) is 2. The van der Waals surface area contributed by atoms with Crippen molar-refractivity contribution in [2.75, 3.05) is 44.6 Å². The summed E-state index contributed by atoms with van der Waals surface area (Å²) in [6, 6.07) is 13.5. The van der Waals surface area contributed by atoms with E-state index >= 15 is 0 Å². The zero-order valence-corrected chi connectivity index (χ0v) is 17.1. The Labute approximate surface area is 170 Å². The van der Waals surface area contributed by atoms with Crippen molar-refractivity contribution >= 4 is 28.8 Å². The lowest BCUT2D eigenvalue weighted by Gasteiger charge is -2.37. The molecule has 1 aliphatic rings. The molecule has 2 N–H and O–H groups in total. The first kappa shape index (κ1) is 20.5. The standard InChI is InChI=1S/C21H28N4O2S/c1-17(21(27)22-10-9-19-8-5-15-28-19)25-13-11-24(12-14-25)16-20(26)23-18-6-3-2-4-7-18/h2-8,15,17H,9-14,16H2,1H3,(H,22,27)(H,23,26). The van der Waals surface area contributed by atoms with E-state index in [-0.39, 0.29) is 17.9 Å². The molecule has 1 saturated heterocycles. The smallest absolute Gasteiger partial charge is 0.238 e. The van der Waals surface area contributed by atoms with Crippen molar-refractivity contribution in [1.82, 2.24) is 15.1 Å². The van der Waals surface area contributed by atoms with Crippen LogP contribution in [0.5, 0.6) is 0 Å². The van der Waals surface area contributed by atoms with Gasteiger partial charge >= 0.3 is 0 Å². The van der Waals surface area contributed by atoms with Crippen molar-refractivity contribution < 1.29 is 9.59 Å². The maximum atomic E-state index is 12.4. The number of carbonyl (C=O) groups is 2. The summed E-state index contributed by atoms with van der Waals surface area (Å²) in [5, 5.41) is 8.01. The Bertz CT molecular complexity index is 743. The molecule has 3 rings (SSSR count). The molecule has 0 aliphatic carbocycles. The summed E-state index contributed by atoms with van der Waals surface area (Å²) in [6.07, 6.45) is 0.875. The fourth-order valence-electron chi connectivity index (χ4n) is 3.31. The van der Waals surface area contributed by atoms with Crippen molar-refractivity contribution in [2.45, 2.75) is 19.4 Å². The molecule has 0 saturated carbocycles. The first-order valence-electron chi connectivity index (χ1n) is 9.73. The number of nitrogens with one attached hydrogen (secondary N) is 2. The molecule has 1 fully saturated rings. The van der Waals surface area contributed by atoms with E-state index in [1.165, 1.54) is 4.88 Å². The Morgan fingerprint density at radius 1 is 1.07 bits per heavy atom. The average Bonchev–Trinajstić information content (AvgIpc) is 3.22. The molecule has 6 nitrogen and oxygen atoms in total. The van der Waals surface area contributed by atoms with Crippen LogP contribution in [0.3, 0.4) is 0 Å². The number of thiophene rings is 1. The molecule has 1 atom stereocenters. The van der Waals surface area contributed by atoms with Gasteiger partial charge in [-0.15, -0.1) is 11.3 Å². The van der Waals surface area contributed by atoms with Gasteiger partial charge in [-0.2, -0.15) is 0 Å². The summed E-state index contributed by atoms with van der Waals surface area (Å²) in [6.45, 7) is 6.16. The summed E-state index contributed by atoms with van der Waals surface area (Å²) < 4.78 is 0. The number of anilines is 1. The molecule has 2 amide bonds. The predicted molar refractivity (Wildman–Crippen MR) is 114 cm³/mol. The van der Waals surface area contributed by atoms with Crippen LogP contribution in [0.25, 0.3) is 0 Å². The Morgan fingerprint density at radius 3 is 2.50 bits per heavy atom. The van der Waals surface area contributed by atoms with Gasteiger partial charge in [0, 0.05) is 43.3 Å². The lowest BCUT2D eigenvalue weighted by atomic mass is 10.2. The van der Waals surface area contributed by atoms with Gasteiger partial charge in [0.15, 0.2) is 0 Å². The van der Waals surface area contributed by atoms with E-state index in [1.807, 2.05) is 43.3 Å². The summed E-state index contributed by atoms with van der Waals surface area (Å²) in [5.74, 6) is 0.0749. The van der Waals surface area contributed by atoms with Gasteiger partial charge in [0.25, 0.3) is 0 Å². The molecule has 1 aliphatic heterocycles. The molecule has 150 valence electrons. The minimum absolute atomic E-state index is 0.000909. The van der Waals surface area contributed by atoms with Crippen molar-refractivity contribution in [2.24, 2.45) is 0 Å². The van der Waals surface area contributed by atoms with Crippen molar-refractivity contribution in [3.05, 3.63) is 52.7 Å². The molecule has 2 heterocycles. The highest BCUT2D eigenvalue weighted by Crippen LogP contribution is 2.10. The first-order chi connectivity index (χ1) is 13.6. The zero-order valence-electron chi connectivity index (χ0n) is 16.3. The van der Waals surface area contributed by atoms with Crippen LogP contribution in [0.15, 0.2) is 47.8 Å². The number of piperazine rings is 1. The minimum Gasteiger partial charge on any atom is -0.354 e. The summed E-state index contributed by atoms with van der Waals surface area (Å²) in [4.78, 5) is 30.2. The molecule has 2 aromatic rings. The maximum Gasteiger partial charge on any atom is 0.238 e. The van der Waals surface area contributed by atoms with Crippen LogP contribution in [-0.2, 0) is 16.0 Å². The van der Waals surface area contributed by atoms with Gasteiger partial charge in [0.05, 0.1) is 12.6 Å². The molecule has 1 aromatic carbocycles. The minimum atomic E-state index is -0.149. The molecule has 7 heteroatoms. The van der Waals surface area contributed by atoms with Crippen LogP contribution in [0.4, 0.5) is 5.69 Å². The second kappa shape index (κ2) is 10.4. The molecule has 1 aromatic heterocycles. The zero-order chi connectivity index (χ0) is 19.8. The van der Waals surface area contributed by atoms with Crippen LogP contribution in [0.2, 0.25) is 0 Å². The van der Waals surface area contributed by atoms with E-state index < -0.39 is 0 Å². The number of hydrogen-bond acceptors (Lipinski definition) is 5. The molecule has 28 heavy (non-hydrogen) atoms. The normalized spacial score (nSPS) is 16.5. The van der Waals surface area contributed by atoms with E-state index in [2.05, 4.69) is 31.9 Å². The average molecular weight is 401 g/mol. The number of amides is 2. The topological polar surface area (TPSA) is 64.7 Å². The third-order valence-electron chi connectivity index (χ3n) is 5.01. The summed E-state index contributed by atoms with van der Waals surface area (Å²) in [5.41, 5.74) is 0.818. The van der Waals surface area contributed by atoms with E-state index in [0.717, 1.165) is 38.3 Å². The third kappa shape index (κ3) is 6.15. The highest BCUT2D eigenvalue weighted by Gasteiger charge is 2.26. The van der Waals surface area contributed by atoms with Gasteiger partial charge in [-0.1, -0.05) is 24.3 Å². The number of para-hydroxylation sites is 1. The van der Waals surface area contributed by atoms with Crippen LogP contribution >= 0.6 is 11.3 Å². The van der Waals surface area contributed by atoms with E-state index in [9.17, 15) is 9.59 Å². The van der Waals surface area contributed by atoms with Gasteiger partial charge in [0.1, 0.15) is 0 Å². The van der Waals surface area contributed by atoms with E-state index in [0.29, 0.717) is 13.1 Å². The van der Waals surface area contributed by atoms with Crippen molar-refractivity contribution in [3.63, 3.8) is 0 Å². The van der Waals surface area contributed by atoms with Crippen LogP contribution in [-0.4, -0.2) is 66.9 Å². The lowest BCUT2D eigenvalue weighted by Crippen LogP contribution is -2.54. The highest BCUT2D eigenvalue weighted by atomic mass is 32.1. The lowest BCUT2D eigenvalue weighted by molar-refractivity contribution is -0.127. The Kier molecular flexibility index (Phi) is 7.59. The number of carbonyl (C=O) groups excluding carboxylic acids is 2. The van der Waals surface area contributed by atoms with Gasteiger partial charge in [-0.05, 0) is 36.9 Å². The molecule has 0 radical (unpaired) electrons. The number of benzene rings is 1. The number of nitrogens with zero attached hydrogens (tertiary/aromatic N) is 2. The second-order valence-electron chi connectivity index (χ2n) is 7.02. The third-order valence-corrected chi connectivity index (χ3v) is 5.95. The SMILES string of the molecule is CC(C(=O)NCCc1cccs1)N1CCN(CC(=O)Nc2ccccc2)CC1.